The maximum absolute atomic E-state index is 14.8. The number of carbonyl (C=O) groups is 3. The summed E-state index contributed by atoms with van der Waals surface area (Å²) in [6.07, 6.45) is -5.49. The van der Waals surface area contributed by atoms with Crippen LogP contribution in [0.4, 0.5) is 38.5 Å². The van der Waals surface area contributed by atoms with Gasteiger partial charge in [0, 0.05) is 31.6 Å². The van der Waals surface area contributed by atoms with E-state index in [9.17, 15) is 31.9 Å². The molecule has 1 aromatic rings. The maximum Gasteiger partial charge on any atom is 0.414 e. The number of nitrogens with one attached hydrogen (secondary N) is 1. The number of benzene rings is 1. The molecule has 0 aromatic heterocycles. The van der Waals surface area contributed by atoms with Gasteiger partial charge >= 0.3 is 12.1 Å². The molecule has 176 valence electrons. The molecule has 0 saturated carbocycles. The first kappa shape index (κ1) is 23.5. The predicted molar refractivity (Wildman–Crippen MR) is 102 cm³/mol. The monoisotopic (exact) mass is 463 g/mol. The van der Waals surface area contributed by atoms with Crippen molar-refractivity contribution < 1.29 is 41.5 Å². The van der Waals surface area contributed by atoms with Crippen molar-refractivity contribution in [2.75, 3.05) is 42.6 Å². The highest BCUT2D eigenvalue weighted by Crippen LogP contribution is 2.32. The van der Waals surface area contributed by atoms with E-state index in [4.69, 9.17) is 15.4 Å². The smallest absolute Gasteiger partial charge is 0.414 e. The minimum atomic E-state index is -3.11. The molecule has 32 heavy (non-hydrogen) atoms. The maximum atomic E-state index is 14.8. The number of halogens is 4. The quantitative estimate of drug-likeness (QED) is 0.284. The number of ether oxygens (including phenoxy) is 1. The molecule has 1 atom stereocenters. The normalized spacial score (nSPS) is 19.2. The number of hydrogen-bond donors (Lipinski definition) is 2. The molecule has 2 saturated heterocycles. The van der Waals surface area contributed by atoms with Gasteiger partial charge in [-0.25, -0.2) is 38.1 Å². The van der Waals surface area contributed by atoms with E-state index < -0.39 is 48.5 Å². The number of ketones is 1. The van der Waals surface area contributed by atoms with Crippen LogP contribution in [0.15, 0.2) is 12.1 Å². The first-order valence-corrected chi connectivity index (χ1v) is 9.65. The molecular weight excluding hydrogens is 442 g/mol. The van der Waals surface area contributed by atoms with E-state index in [1.165, 1.54) is 4.90 Å². The van der Waals surface area contributed by atoms with Crippen LogP contribution in [-0.4, -0.2) is 68.3 Å². The topological polar surface area (TPSA) is 117 Å². The third-order valence-corrected chi connectivity index (χ3v) is 4.99. The SMILES string of the molecule is NNC(=O)N1CCN(c2c(F)cc(N3C[C@H](CCC(=O)C(F)F)OC3=O)cc2F)CCO1. The highest BCUT2D eigenvalue weighted by atomic mass is 19.3. The van der Waals surface area contributed by atoms with Crippen LogP contribution in [0.1, 0.15) is 12.8 Å². The number of cyclic esters (lactones) is 1. The molecular formula is C18H21F4N5O5. The van der Waals surface area contributed by atoms with Crippen LogP contribution in [0, 0.1) is 11.6 Å². The summed E-state index contributed by atoms with van der Waals surface area (Å²) in [4.78, 5) is 42.2. The van der Waals surface area contributed by atoms with Crippen molar-refractivity contribution >= 4 is 29.3 Å². The van der Waals surface area contributed by atoms with Crippen molar-refractivity contribution in [3.8, 4) is 0 Å². The second-order valence-corrected chi connectivity index (χ2v) is 7.05. The molecule has 10 nitrogen and oxygen atoms in total. The number of hydrazine groups is 1. The Morgan fingerprint density at radius 2 is 1.88 bits per heavy atom. The number of hydroxylamine groups is 2. The van der Waals surface area contributed by atoms with Gasteiger partial charge < -0.3 is 9.64 Å². The van der Waals surface area contributed by atoms with E-state index in [1.807, 2.05) is 5.43 Å². The molecule has 1 aromatic carbocycles. The fraction of sp³-hybridized carbons (Fsp3) is 0.500. The lowest BCUT2D eigenvalue weighted by Crippen LogP contribution is -2.44. The van der Waals surface area contributed by atoms with Crippen molar-refractivity contribution in [2.24, 2.45) is 5.84 Å². The zero-order chi connectivity index (χ0) is 23.4. The first-order chi connectivity index (χ1) is 15.2. The third-order valence-electron chi connectivity index (χ3n) is 4.99. The zero-order valence-electron chi connectivity index (χ0n) is 16.7. The number of hydrogen-bond acceptors (Lipinski definition) is 7. The molecule has 3 N–H and O–H groups in total. The molecule has 0 spiro atoms. The summed E-state index contributed by atoms with van der Waals surface area (Å²) in [6.45, 7) is -0.0684. The number of Topliss-reactive ketones (excluding diaryl/α,β-unsaturated/α-hetero) is 1. The summed E-state index contributed by atoms with van der Waals surface area (Å²) in [5.41, 5.74) is 1.42. The summed E-state index contributed by atoms with van der Waals surface area (Å²) in [7, 11) is 0. The second-order valence-electron chi connectivity index (χ2n) is 7.05. The number of alkyl halides is 2. The molecule has 2 aliphatic rings. The summed E-state index contributed by atoms with van der Waals surface area (Å²) in [5, 5.41) is 0.934. The second kappa shape index (κ2) is 9.99. The highest BCUT2D eigenvalue weighted by molar-refractivity contribution is 5.90. The zero-order valence-corrected chi connectivity index (χ0v) is 16.7. The molecule has 2 heterocycles. The van der Waals surface area contributed by atoms with E-state index >= 15 is 0 Å². The minimum absolute atomic E-state index is 0.0128. The number of amides is 3. The van der Waals surface area contributed by atoms with Crippen molar-refractivity contribution in [3.05, 3.63) is 23.8 Å². The van der Waals surface area contributed by atoms with Crippen LogP contribution >= 0.6 is 0 Å². The lowest BCUT2D eigenvalue weighted by molar-refractivity contribution is -0.129. The number of rotatable bonds is 6. The molecule has 2 aliphatic heterocycles. The number of carbonyl (C=O) groups excluding carboxylic acids is 3. The molecule has 0 unspecified atom stereocenters. The van der Waals surface area contributed by atoms with Gasteiger partial charge in [0.05, 0.1) is 25.4 Å². The van der Waals surface area contributed by atoms with Gasteiger partial charge in [0.15, 0.2) is 17.4 Å². The Morgan fingerprint density at radius 1 is 1.19 bits per heavy atom. The predicted octanol–water partition coefficient (Wildman–Crippen LogP) is 1.54. The van der Waals surface area contributed by atoms with Crippen LogP contribution in [0.25, 0.3) is 0 Å². The number of anilines is 2. The van der Waals surface area contributed by atoms with Gasteiger partial charge in [-0.2, -0.15) is 0 Å². The highest BCUT2D eigenvalue weighted by Gasteiger charge is 2.34. The third kappa shape index (κ3) is 5.19. The van der Waals surface area contributed by atoms with Crippen LogP contribution in [0.3, 0.4) is 0 Å². The van der Waals surface area contributed by atoms with E-state index in [0.717, 1.165) is 22.1 Å². The largest absolute Gasteiger partial charge is 0.444 e. The van der Waals surface area contributed by atoms with Gasteiger partial charge in [0.2, 0.25) is 0 Å². The van der Waals surface area contributed by atoms with E-state index in [0.29, 0.717) is 0 Å². The summed E-state index contributed by atoms with van der Waals surface area (Å²) < 4.78 is 59.3. The molecule has 0 radical (unpaired) electrons. The summed E-state index contributed by atoms with van der Waals surface area (Å²) >= 11 is 0. The Morgan fingerprint density at radius 3 is 2.50 bits per heavy atom. The molecule has 0 aliphatic carbocycles. The van der Waals surface area contributed by atoms with Crippen LogP contribution in [-0.2, 0) is 14.4 Å². The Balaban J connectivity index is 1.70. The molecule has 2 fully saturated rings. The van der Waals surface area contributed by atoms with Crippen molar-refractivity contribution in [3.63, 3.8) is 0 Å². The van der Waals surface area contributed by atoms with E-state index in [1.54, 1.807) is 0 Å². The van der Waals surface area contributed by atoms with E-state index in [2.05, 4.69) is 0 Å². The van der Waals surface area contributed by atoms with Crippen molar-refractivity contribution in [1.29, 1.82) is 0 Å². The average molecular weight is 463 g/mol. The van der Waals surface area contributed by atoms with Gasteiger partial charge in [-0.1, -0.05) is 0 Å². The van der Waals surface area contributed by atoms with Gasteiger partial charge in [-0.3, -0.25) is 20.0 Å². The first-order valence-electron chi connectivity index (χ1n) is 9.65. The summed E-state index contributed by atoms with van der Waals surface area (Å²) in [6, 6.07) is 1.19. The number of urea groups is 1. The Bertz CT molecular complexity index is 866. The fourth-order valence-electron chi connectivity index (χ4n) is 3.41. The Hall–Kier alpha value is -3.13. The minimum Gasteiger partial charge on any atom is -0.444 e. The Kier molecular flexibility index (Phi) is 7.35. The number of nitrogens with two attached hydrogens (primary N) is 1. The van der Waals surface area contributed by atoms with Gasteiger partial charge in [-0.15, -0.1) is 0 Å². The van der Waals surface area contributed by atoms with Gasteiger partial charge in [-0.05, 0) is 6.42 Å². The van der Waals surface area contributed by atoms with Gasteiger partial charge in [0.25, 0.3) is 6.43 Å². The molecule has 0 bridgehead atoms. The van der Waals surface area contributed by atoms with Gasteiger partial charge in [0.1, 0.15) is 11.8 Å². The molecule has 3 amide bonds. The average Bonchev–Trinajstić information content (AvgIpc) is 2.95. The Labute approximate surface area is 179 Å². The lowest BCUT2D eigenvalue weighted by atomic mass is 10.1. The molecule has 3 rings (SSSR count). The van der Waals surface area contributed by atoms with Crippen LogP contribution in [0.2, 0.25) is 0 Å². The van der Waals surface area contributed by atoms with Crippen molar-refractivity contribution in [1.82, 2.24) is 10.5 Å². The van der Waals surface area contributed by atoms with Crippen LogP contribution in [0.5, 0.6) is 0 Å². The van der Waals surface area contributed by atoms with Crippen LogP contribution < -0.4 is 21.1 Å². The molecule has 14 heteroatoms. The number of nitrogens with zero attached hydrogens (tertiary/aromatic N) is 3. The lowest BCUT2D eigenvalue weighted by Gasteiger charge is -2.24. The standard InChI is InChI=1S/C18H21F4N5O5/c19-12-7-10(26-9-11(32-18(26)30)1-2-14(28)16(21)22)8-13(20)15(12)25-3-4-27(17(29)24-23)31-6-5-25/h7-8,11,16H,1-6,9,23H2,(H,24,29)/t11-/m0/s1. The summed E-state index contributed by atoms with van der Waals surface area (Å²) in [5.74, 6) is 1.86. The van der Waals surface area contributed by atoms with E-state index in [-0.39, 0.29) is 50.6 Å². The fourth-order valence-corrected chi connectivity index (χ4v) is 3.41. The van der Waals surface area contributed by atoms with Crippen molar-refractivity contribution in [2.45, 2.75) is 25.4 Å².